The van der Waals surface area contributed by atoms with E-state index in [0.717, 1.165) is 18.8 Å². The molecule has 0 aromatic heterocycles. The highest BCUT2D eigenvalue weighted by Gasteiger charge is 2.21. The molecule has 1 N–H and O–H groups in total. The Labute approximate surface area is 124 Å². The van der Waals surface area contributed by atoms with Gasteiger partial charge in [0.1, 0.15) is 0 Å². The zero-order chi connectivity index (χ0) is 14.5. The van der Waals surface area contributed by atoms with Crippen molar-refractivity contribution in [3.8, 4) is 0 Å². The summed E-state index contributed by atoms with van der Waals surface area (Å²) >= 11 is 6.11. The number of halogens is 1. The van der Waals surface area contributed by atoms with E-state index >= 15 is 0 Å². The average Bonchev–Trinajstić information content (AvgIpc) is 2.43. The molecule has 20 heavy (non-hydrogen) atoms. The lowest BCUT2D eigenvalue weighted by Crippen LogP contribution is -2.26. The lowest BCUT2D eigenvalue weighted by Gasteiger charge is -2.29. The Hall–Kier alpha value is -1.29. The zero-order valence-corrected chi connectivity index (χ0v) is 12.5. The molecule has 0 heterocycles. The first-order valence-electron chi connectivity index (χ1n) is 7.30. The van der Waals surface area contributed by atoms with Crippen molar-refractivity contribution in [1.29, 1.82) is 0 Å². The van der Waals surface area contributed by atoms with Crippen LogP contribution in [0.25, 0.3) is 0 Å². The summed E-state index contributed by atoms with van der Waals surface area (Å²) in [4.78, 5) is 10.4. The molecule has 1 aliphatic rings. The van der Waals surface area contributed by atoms with Gasteiger partial charge in [-0.1, -0.05) is 31.4 Å². The molecule has 0 atom stereocenters. The van der Waals surface area contributed by atoms with Gasteiger partial charge in [0.2, 0.25) is 0 Å². The molecule has 1 aliphatic carbocycles. The molecule has 2 rings (SSSR count). The summed E-state index contributed by atoms with van der Waals surface area (Å²) in [5.74, 6) is 0.846. The van der Waals surface area contributed by atoms with Crippen molar-refractivity contribution in [3.63, 3.8) is 0 Å². The van der Waals surface area contributed by atoms with Crippen molar-refractivity contribution in [3.05, 3.63) is 33.3 Å². The van der Waals surface area contributed by atoms with Crippen LogP contribution in [-0.4, -0.2) is 11.0 Å². The van der Waals surface area contributed by atoms with E-state index in [9.17, 15) is 10.1 Å². The van der Waals surface area contributed by atoms with Gasteiger partial charge in [0, 0.05) is 18.2 Å². The van der Waals surface area contributed by atoms with Gasteiger partial charge in [-0.2, -0.15) is 0 Å². The minimum Gasteiger partial charge on any atom is -0.381 e. The number of hydrogen-bond donors (Lipinski definition) is 1. The Balaban J connectivity index is 1.97. The molecule has 4 nitrogen and oxygen atoms in total. The Bertz CT molecular complexity index is 471. The van der Waals surface area contributed by atoms with E-state index < -0.39 is 0 Å². The lowest BCUT2D eigenvalue weighted by molar-refractivity contribution is -0.384. The zero-order valence-electron chi connectivity index (χ0n) is 11.8. The molecular weight excluding hydrogens is 276 g/mol. The van der Waals surface area contributed by atoms with E-state index in [4.69, 9.17) is 11.6 Å². The highest BCUT2D eigenvalue weighted by molar-refractivity contribution is 6.33. The number of non-ortho nitro benzene ring substituents is 1. The number of nitrogens with zero attached hydrogens (tertiary/aromatic N) is 1. The first-order valence-corrected chi connectivity index (χ1v) is 7.68. The lowest BCUT2D eigenvalue weighted by atomic mass is 9.83. The monoisotopic (exact) mass is 296 g/mol. The van der Waals surface area contributed by atoms with Crippen molar-refractivity contribution in [1.82, 2.24) is 0 Å². The number of nitro benzene ring substituents is 1. The van der Waals surface area contributed by atoms with Gasteiger partial charge in [0.05, 0.1) is 15.6 Å². The number of rotatable bonds is 5. The summed E-state index contributed by atoms with van der Waals surface area (Å²) in [6.07, 6.45) is 7.26. The Morgan fingerprint density at radius 1 is 1.35 bits per heavy atom. The Kier molecular flexibility index (Phi) is 5.24. The number of benzene rings is 1. The minimum atomic E-state index is -0.389. The van der Waals surface area contributed by atoms with Crippen LogP contribution >= 0.6 is 11.6 Å². The first kappa shape index (κ1) is 15.1. The second-order valence-corrected chi connectivity index (χ2v) is 5.98. The van der Waals surface area contributed by atoms with Crippen molar-refractivity contribution in [2.24, 2.45) is 5.92 Å². The number of nitrogens with one attached hydrogen (secondary N) is 1. The summed E-state index contributed by atoms with van der Waals surface area (Å²) in [7, 11) is 0. The quantitative estimate of drug-likeness (QED) is 0.613. The van der Waals surface area contributed by atoms with Gasteiger partial charge >= 0.3 is 0 Å². The topological polar surface area (TPSA) is 55.2 Å². The second-order valence-electron chi connectivity index (χ2n) is 5.57. The van der Waals surface area contributed by atoms with Gasteiger partial charge in [-0.25, -0.2) is 0 Å². The molecule has 0 aliphatic heterocycles. The van der Waals surface area contributed by atoms with Crippen LogP contribution < -0.4 is 5.32 Å². The first-order chi connectivity index (χ1) is 9.60. The fourth-order valence-electron chi connectivity index (χ4n) is 2.96. The van der Waals surface area contributed by atoms with Gasteiger partial charge in [0.25, 0.3) is 5.69 Å². The molecular formula is C15H21ClN2O2. The second kappa shape index (κ2) is 6.93. The molecule has 1 saturated carbocycles. The number of nitro groups is 1. The fourth-order valence-corrected chi connectivity index (χ4v) is 3.13. The molecule has 0 unspecified atom stereocenters. The predicted octanol–water partition coefficient (Wildman–Crippen LogP) is 5.02. The van der Waals surface area contributed by atoms with Crippen LogP contribution in [0.3, 0.4) is 0 Å². The maximum atomic E-state index is 10.8. The third-order valence-corrected chi connectivity index (χ3v) is 4.39. The summed E-state index contributed by atoms with van der Waals surface area (Å²) in [6.45, 7) is 2.23. The van der Waals surface area contributed by atoms with Gasteiger partial charge < -0.3 is 5.32 Å². The Morgan fingerprint density at radius 3 is 2.65 bits per heavy atom. The summed E-state index contributed by atoms with van der Waals surface area (Å²) in [5, 5.41) is 14.7. The summed E-state index contributed by atoms with van der Waals surface area (Å²) in [6, 6.07) is 4.93. The third kappa shape index (κ3) is 3.85. The van der Waals surface area contributed by atoms with Crippen LogP contribution in [-0.2, 0) is 0 Å². The summed E-state index contributed by atoms with van der Waals surface area (Å²) in [5.41, 5.74) is 0.761. The van der Waals surface area contributed by atoms with Crippen LogP contribution in [0.4, 0.5) is 11.4 Å². The van der Waals surface area contributed by atoms with Gasteiger partial charge in [0.15, 0.2) is 0 Å². The normalized spacial score (nSPS) is 22.5. The molecule has 0 radical (unpaired) electrons. The molecule has 0 bridgehead atoms. The van der Waals surface area contributed by atoms with Crippen molar-refractivity contribution in [2.75, 3.05) is 5.32 Å². The van der Waals surface area contributed by atoms with Crippen LogP contribution in [0.1, 0.15) is 45.4 Å². The van der Waals surface area contributed by atoms with Gasteiger partial charge in [-0.05, 0) is 37.7 Å². The maximum absolute atomic E-state index is 10.8. The highest BCUT2D eigenvalue weighted by atomic mass is 35.5. The van der Waals surface area contributed by atoms with Crippen LogP contribution in [0.15, 0.2) is 18.2 Å². The SMILES string of the molecule is CCCC1CCC(Nc2cc([N+](=O)[O-])ccc2Cl)CC1. The molecule has 110 valence electrons. The van der Waals surface area contributed by atoms with Gasteiger partial charge in [-0.15, -0.1) is 0 Å². The Morgan fingerprint density at radius 2 is 2.05 bits per heavy atom. The van der Waals surface area contributed by atoms with E-state index in [0.29, 0.717) is 16.8 Å². The van der Waals surface area contributed by atoms with Crippen molar-refractivity contribution in [2.45, 2.75) is 51.5 Å². The van der Waals surface area contributed by atoms with E-state index in [2.05, 4.69) is 12.2 Å². The highest BCUT2D eigenvalue weighted by Crippen LogP contribution is 2.32. The molecule has 1 aromatic carbocycles. The van der Waals surface area contributed by atoms with E-state index in [1.165, 1.54) is 37.8 Å². The fraction of sp³-hybridized carbons (Fsp3) is 0.600. The van der Waals surface area contributed by atoms with Crippen LogP contribution in [0.2, 0.25) is 5.02 Å². The number of anilines is 1. The van der Waals surface area contributed by atoms with Gasteiger partial charge in [-0.3, -0.25) is 10.1 Å². The maximum Gasteiger partial charge on any atom is 0.271 e. The standard InChI is InChI=1S/C15H21ClN2O2/c1-2-3-11-4-6-12(7-5-11)17-15-10-13(18(19)20)8-9-14(15)16/h8-12,17H,2-7H2,1H3. The third-order valence-electron chi connectivity index (χ3n) is 4.06. The molecule has 1 aromatic rings. The molecule has 5 heteroatoms. The molecule has 0 amide bonds. The molecule has 0 saturated heterocycles. The van der Waals surface area contributed by atoms with E-state index in [1.807, 2.05) is 0 Å². The van der Waals surface area contributed by atoms with E-state index in [1.54, 1.807) is 6.07 Å². The average molecular weight is 297 g/mol. The minimum absolute atomic E-state index is 0.0802. The van der Waals surface area contributed by atoms with Crippen LogP contribution in [0.5, 0.6) is 0 Å². The molecule has 0 spiro atoms. The number of hydrogen-bond acceptors (Lipinski definition) is 3. The predicted molar refractivity (Wildman–Crippen MR) is 82.4 cm³/mol. The molecule has 1 fully saturated rings. The smallest absolute Gasteiger partial charge is 0.271 e. The largest absolute Gasteiger partial charge is 0.381 e. The van der Waals surface area contributed by atoms with Crippen molar-refractivity contribution < 1.29 is 4.92 Å². The summed E-state index contributed by atoms with van der Waals surface area (Å²) < 4.78 is 0. The van der Waals surface area contributed by atoms with Crippen molar-refractivity contribution >= 4 is 23.0 Å². The van der Waals surface area contributed by atoms with Crippen LogP contribution in [0, 0.1) is 16.0 Å². The van der Waals surface area contributed by atoms with E-state index in [-0.39, 0.29) is 10.6 Å².